The summed E-state index contributed by atoms with van der Waals surface area (Å²) in [7, 11) is -1.47. The van der Waals surface area contributed by atoms with E-state index >= 15 is 0 Å². The van der Waals surface area contributed by atoms with Gasteiger partial charge in [0.2, 0.25) is 0 Å². The summed E-state index contributed by atoms with van der Waals surface area (Å²) in [5.41, 5.74) is 0.472. The number of hydrogen-bond donors (Lipinski definition) is 0. The predicted octanol–water partition coefficient (Wildman–Crippen LogP) is 0.566. The molecule has 98 valence electrons. The van der Waals surface area contributed by atoms with Gasteiger partial charge in [-0.15, -0.1) is 0 Å². The van der Waals surface area contributed by atoms with Gasteiger partial charge in [-0.25, -0.2) is 8.42 Å². The van der Waals surface area contributed by atoms with Crippen molar-refractivity contribution < 1.29 is 17.9 Å². The van der Waals surface area contributed by atoms with Crippen LogP contribution in [0.3, 0.4) is 0 Å². The molecule has 5 nitrogen and oxygen atoms in total. The predicted molar refractivity (Wildman–Crippen MR) is 67.6 cm³/mol. The number of nitrogens with zero attached hydrogens (tertiary/aromatic N) is 1. The Bertz CT molecular complexity index is 539. The number of sulfone groups is 1. The average Bonchev–Trinajstić information content (AvgIpc) is 2.38. The van der Waals surface area contributed by atoms with Gasteiger partial charge >= 0.3 is 0 Å². The van der Waals surface area contributed by atoms with Crippen molar-refractivity contribution in [3.63, 3.8) is 0 Å². The van der Waals surface area contributed by atoms with Gasteiger partial charge in [-0.3, -0.25) is 4.79 Å². The molecule has 0 radical (unpaired) electrons. The Morgan fingerprint density at radius 3 is 2.44 bits per heavy atom. The number of rotatable bonds is 2. The van der Waals surface area contributed by atoms with Gasteiger partial charge in [-0.2, -0.15) is 0 Å². The monoisotopic (exact) mass is 269 g/mol. The normalized spacial score (nSPS) is 18.4. The van der Waals surface area contributed by atoms with Crippen LogP contribution < -0.4 is 4.74 Å². The summed E-state index contributed by atoms with van der Waals surface area (Å²) in [4.78, 5) is 13.8. The zero-order chi connectivity index (χ0) is 13.2. The Kier molecular flexibility index (Phi) is 3.56. The van der Waals surface area contributed by atoms with Gasteiger partial charge in [0.1, 0.15) is 5.75 Å². The van der Waals surface area contributed by atoms with E-state index in [0.29, 0.717) is 11.3 Å². The SMILES string of the molecule is COc1ccccc1C(=O)N1CCS(=O)(=O)CC1. The van der Waals surface area contributed by atoms with Gasteiger partial charge in [0, 0.05) is 13.1 Å². The van der Waals surface area contributed by atoms with Gasteiger partial charge < -0.3 is 9.64 Å². The van der Waals surface area contributed by atoms with Crippen LogP contribution >= 0.6 is 0 Å². The zero-order valence-electron chi connectivity index (χ0n) is 10.1. The topological polar surface area (TPSA) is 63.7 Å². The summed E-state index contributed by atoms with van der Waals surface area (Å²) in [6.07, 6.45) is 0. The van der Waals surface area contributed by atoms with Crippen molar-refractivity contribution >= 4 is 15.7 Å². The highest BCUT2D eigenvalue weighted by molar-refractivity contribution is 7.91. The minimum Gasteiger partial charge on any atom is -0.496 e. The number of benzene rings is 1. The van der Waals surface area contributed by atoms with Crippen LogP contribution in [0.1, 0.15) is 10.4 Å². The van der Waals surface area contributed by atoms with Gasteiger partial charge in [-0.1, -0.05) is 12.1 Å². The minimum absolute atomic E-state index is 0.0356. The highest BCUT2D eigenvalue weighted by atomic mass is 32.2. The first-order valence-corrected chi connectivity index (χ1v) is 7.48. The third-order valence-corrected chi connectivity index (χ3v) is 4.58. The molecule has 0 aliphatic carbocycles. The van der Waals surface area contributed by atoms with Crippen molar-refractivity contribution in [2.45, 2.75) is 0 Å². The molecule has 1 aromatic carbocycles. The third kappa shape index (κ3) is 2.64. The number of hydrogen-bond acceptors (Lipinski definition) is 4. The van der Waals surface area contributed by atoms with Crippen molar-refractivity contribution in [2.75, 3.05) is 31.7 Å². The van der Waals surface area contributed by atoms with E-state index in [4.69, 9.17) is 4.74 Å². The molecule has 18 heavy (non-hydrogen) atoms. The lowest BCUT2D eigenvalue weighted by molar-refractivity contribution is 0.0767. The van der Waals surface area contributed by atoms with Gasteiger partial charge in [0.15, 0.2) is 9.84 Å². The van der Waals surface area contributed by atoms with Gasteiger partial charge in [0.05, 0.1) is 24.2 Å². The van der Waals surface area contributed by atoms with Crippen LogP contribution in [0.2, 0.25) is 0 Å². The summed E-state index contributed by atoms with van der Waals surface area (Å²) >= 11 is 0. The number of ether oxygens (including phenoxy) is 1. The van der Waals surface area contributed by atoms with E-state index in [-0.39, 0.29) is 30.5 Å². The van der Waals surface area contributed by atoms with E-state index in [1.165, 1.54) is 7.11 Å². The Hall–Kier alpha value is -1.56. The number of carbonyl (C=O) groups excluding carboxylic acids is 1. The van der Waals surface area contributed by atoms with Crippen molar-refractivity contribution in [1.82, 2.24) is 4.90 Å². The molecule has 1 saturated heterocycles. The van der Waals surface area contributed by atoms with Crippen molar-refractivity contribution in [3.8, 4) is 5.75 Å². The molecule has 1 aromatic rings. The summed E-state index contributed by atoms with van der Waals surface area (Å²) in [5.74, 6) is 0.403. The molecular weight excluding hydrogens is 254 g/mol. The molecule has 2 rings (SSSR count). The van der Waals surface area contributed by atoms with E-state index < -0.39 is 9.84 Å². The van der Waals surface area contributed by atoms with Crippen molar-refractivity contribution in [1.29, 1.82) is 0 Å². The van der Waals surface area contributed by atoms with Crippen molar-refractivity contribution in [2.24, 2.45) is 0 Å². The zero-order valence-corrected chi connectivity index (χ0v) is 10.9. The lowest BCUT2D eigenvalue weighted by Gasteiger charge is -2.27. The standard InChI is InChI=1S/C12H15NO4S/c1-17-11-5-3-2-4-10(11)12(14)13-6-8-18(15,16)9-7-13/h2-5H,6-9H2,1H3. The van der Waals surface area contributed by atoms with Crippen LogP contribution in [0.25, 0.3) is 0 Å². The van der Waals surface area contributed by atoms with E-state index in [0.717, 1.165) is 0 Å². The van der Waals surface area contributed by atoms with E-state index in [1.54, 1.807) is 29.2 Å². The van der Waals surface area contributed by atoms with E-state index in [9.17, 15) is 13.2 Å². The second-order valence-corrected chi connectivity index (χ2v) is 6.45. The molecule has 0 N–H and O–H groups in total. The maximum atomic E-state index is 12.2. The first-order valence-electron chi connectivity index (χ1n) is 5.66. The van der Waals surface area contributed by atoms with Crippen LogP contribution in [0.4, 0.5) is 0 Å². The second kappa shape index (κ2) is 4.97. The third-order valence-electron chi connectivity index (χ3n) is 2.97. The fourth-order valence-electron chi connectivity index (χ4n) is 1.91. The first kappa shape index (κ1) is 12.9. The Balaban J connectivity index is 2.17. The van der Waals surface area contributed by atoms with Crippen LogP contribution in [0.5, 0.6) is 5.75 Å². The lowest BCUT2D eigenvalue weighted by Crippen LogP contribution is -2.43. The summed E-state index contributed by atoms with van der Waals surface area (Å²) in [6.45, 7) is 0.498. The fourth-order valence-corrected chi connectivity index (χ4v) is 3.11. The lowest BCUT2D eigenvalue weighted by atomic mass is 10.1. The van der Waals surface area contributed by atoms with Crippen LogP contribution in [0.15, 0.2) is 24.3 Å². The quantitative estimate of drug-likeness (QED) is 0.787. The van der Waals surface area contributed by atoms with Crippen molar-refractivity contribution in [3.05, 3.63) is 29.8 Å². The number of carbonyl (C=O) groups is 1. The Morgan fingerprint density at radius 2 is 1.83 bits per heavy atom. The molecule has 0 bridgehead atoms. The van der Waals surface area contributed by atoms with E-state index in [1.807, 2.05) is 0 Å². The van der Waals surface area contributed by atoms with Gasteiger partial charge in [-0.05, 0) is 12.1 Å². The van der Waals surface area contributed by atoms with Crippen LogP contribution in [0, 0.1) is 0 Å². The largest absolute Gasteiger partial charge is 0.496 e. The summed E-state index contributed by atoms with van der Waals surface area (Å²) in [5, 5.41) is 0. The molecule has 0 unspecified atom stereocenters. The molecule has 0 aromatic heterocycles. The number of methoxy groups -OCH3 is 1. The van der Waals surface area contributed by atoms with Crippen LogP contribution in [-0.4, -0.2) is 50.9 Å². The minimum atomic E-state index is -2.97. The average molecular weight is 269 g/mol. The molecule has 1 amide bonds. The molecule has 0 spiro atoms. The molecule has 1 aliphatic rings. The highest BCUT2D eigenvalue weighted by Crippen LogP contribution is 2.20. The fraction of sp³-hybridized carbons (Fsp3) is 0.417. The first-order chi connectivity index (χ1) is 8.53. The highest BCUT2D eigenvalue weighted by Gasteiger charge is 2.26. The molecule has 1 fully saturated rings. The molecule has 1 aliphatic heterocycles. The molecular formula is C12H15NO4S. The molecule has 6 heteroatoms. The molecule has 0 saturated carbocycles. The summed E-state index contributed by atoms with van der Waals surface area (Å²) in [6, 6.07) is 6.95. The Morgan fingerprint density at radius 1 is 1.22 bits per heavy atom. The van der Waals surface area contributed by atoms with Gasteiger partial charge in [0.25, 0.3) is 5.91 Å². The van der Waals surface area contributed by atoms with Crippen LogP contribution in [-0.2, 0) is 9.84 Å². The van der Waals surface area contributed by atoms with E-state index in [2.05, 4.69) is 0 Å². The maximum Gasteiger partial charge on any atom is 0.257 e. The summed E-state index contributed by atoms with van der Waals surface area (Å²) < 4.78 is 27.8. The number of amides is 1. The molecule has 0 atom stereocenters. The second-order valence-electron chi connectivity index (χ2n) is 4.14. The maximum absolute atomic E-state index is 12.2. The Labute approximate surface area is 106 Å². The molecule has 1 heterocycles. The number of para-hydroxylation sites is 1. The smallest absolute Gasteiger partial charge is 0.257 e.